The van der Waals surface area contributed by atoms with Crippen molar-refractivity contribution in [2.45, 2.75) is 26.4 Å². The number of aromatic nitrogens is 1. The summed E-state index contributed by atoms with van der Waals surface area (Å²) in [7, 11) is 0. The molecule has 0 radical (unpaired) electrons. The number of carbonyl (C=O) groups is 1. The molecular weight excluding hydrogens is 296 g/mol. The third-order valence-electron chi connectivity index (χ3n) is 1.80. The molecular formula is C13H17BrN2O2. The van der Waals surface area contributed by atoms with Crippen LogP contribution in [0.3, 0.4) is 0 Å². The lowest BCUT2D eigenvalue weighted by molar-refractivity contribution is 0.0534. The number of pyridine rings is 1. The molecule has 0 saturated carbocycles. The Balaban J connectivity index is 2.36. The van der Waals surface area contributed by atoms with E-state index in [1.807, 2.05) is 39.0 Å². The summed E-state index contributed by atoms with van der Waals surface area (Å²) in [6.07, 6.45) is 6.77. The van der Waals surface area contributed by atoms with Gasteiger partial charge in [-0.15, -0.1) is 0 Å². The van der Waals surface area contributed by atoms with E-state index in [2.05, 4.69) is 26.2 Å². The van der Waals surface area contributed by atoms with Crippen molar-refractivity contribution in [2.75, 3.05) is 6.54 Å². The largest absolute Gasteiger partial charge is 0.444 e. The van der Waals surface area contributed by atoms with Crippen LogP contribution in [0, 0.1) is 0 Å². The van der Waals surface area contributed by atoms with Gasteiger partial charge in [-0.25, -0.2) is 4.79 Å². The van der Waals surface area contributed by atoms with Gasteiger partial charge < -0.3 is 10.1 Å². The van der Waals surface area contributed by atoms with Crippen LogP contribution in [-0.4, -0.2) is 23.2 Å². The fourth-order valence-electron chi connectivity index (χ4n) is 1.17. The Kier molecular flexibility index (Phi) is 5.34. The van der Waals surface area contributed by atoms with E-state index in [0.717, 1.165) is 10.0 Å². The smallest absolute Gasteiger partial charge is 0.407 e. The van der Waals surface area contributed by atoms with Gasteiger partial charge in [-0.2, -0.15) is 0 Å². The monoisotopic (exact) mass is 312 g/mol. The number of nitrogens with zero attached hydrogens (tertiary/aromatic N) is 1. The zero-order valence-corrected chi connectivity index (χ0v) is 12.3. The topological polar surface area (TPSA) is 51.2 Å². The van der Waals surface area contributed by atoms with Crippen molar-refractivity contribution in [2.24, 2.45) is 0 Å². The van der Waals surface area contributed by atoms with E-state index >= 15 is 0 Å². The number of carbonyl (C=O) groups excluding carboxylic acids is 1. The van der Waals surface area contributed by atoms with Gasteiger partial charge in [-0.3, -0.25) is 4.98 Å². The lowest BCUT2D eigenvalue weighted by atomic mass is 10.2. The second-order valence-electron chi connectivity index (χ2n) is 4.72. The second-order valence-corrected chi connectivity index (χ2v) is 5.64. The summed E-state index contributed by atoms with van der Waals surface area (Å²) in [5, 5.41) is 2.64. The number of rotatable bonds is 3. The first kappa shape index (κ1) is 14.7. The van der Waals surface area contributed by atoms with Crippen molar-refractivity contribution in [3.05, 3.63) is 34.6 Å². The maximum atomic E-state index is 11.3. The number of hydrogen-bond donors (Lipinski definition) is 1. The van der Waals surface area contributed by atoms with E-state index in [0.29, 0.717) is 6.54 Å². The minimum absolute atomic E-state index is 0.417. The standard InChI is InChI=1S/C13H17BrN2O2/c1-13(2,3)18-12(17)16-6-4-5-10-7-11(14)9-15-8-10/h4-5,7-9H,6H2,1-3H3,(H,16,17). The van der Waals surface area contributed by atoms with Crippen LogP contribution in [0.15, 0.2) is 29.0 Å². The molecule has 4 nitrogen and oxygen atoms in total. The van der Waals surface area contributed by atoms with Crippen molar-refractivity contribution >= 4 is 28.1 Å². The minimum Gasteiger partial charge on any atom is -0.444 e. The van der Waals surface area contributed by atoms with Crippen LogP contribution in [0.4, 0.5) is 4.79 Å². The van der Waals surface area contributed by atoms with Gasteiger partial charge in [0.2, 0.25) is 0 Å². The normalized spacial score (nSPS) is 11.6. The highest BCUT2D eigenvalue weighted by Gasteiger charge is 2.14. The van der Waals surface area contributed by atoms with Crippen LogP contribution in [0.2, 0.25) is 0 Å². The lowest BCUT2D eigenvalue weighted by Gasteiger charge is -2.19. The van der Waals surface area contributed by atoms with Gasteiger partial charge in [-0.1, -0.05) is 12.2 Å². The zero-order valence-electron chi connectivity index (χ0n) is 10.7. The number of amides is 1. The van der Waals surface area contributed by atoms with Crippen LogP contribution >= 0.6 is 15.9 Å². The summed E-state index contributed by atoms with van der Waals surface area (Å²) in [5.41, 5.74) is 0.498. The predicted molar refractivity (Wildman–Crippen MR) is 75.2 cm³/mol. The van der Waals surface area contributed by atoms with Crippen LogP contribution in [0.1, 0.15) is 26.3 Å². The molecule has 0 aliphatic rings. The summed E-state index contributed by atoms with van der Waals surface area (Å²) in [6.45, 7) is 5.90. The molecule has 1 amide bonds. The van der Waals surface area contributed by atoms with Crippen molar-refractivity contribution < 1.29 is 9.53 Å². The number of hydrogen-bond acceptors (Lipinski definition) is 3. The maximum absolute atomic E-state index is 11.3. The number of halogens is 1. The highest BCUT2D eigenvalue weighted by Crippen LogP contribution is 2.10. The molecule has 1 aromatic rings. The van der Waals surface area contributed by atoms with Crippen LogP contribution in [-0.2, 0) is 4.74 Å². The highest BCUT2D eigenvalue weighted by atomic mass is 79.9. The molecule has 0 atom stereocenters. The molecule has 0 fully saturated rings. The average molecular weight is 313 g/mol. The minimum atomic E-state index is -0.470. The third kappa shape index (κ3) is 6.39. The second kappa shape index (κ2) is 6.54. The molecule has 98 valence electrons. The number of alkyl carbamates (subject to hydrolysis) is 1. The molecule has 0 unspecified atom stereocenters. The van der Waals surface area contributed by atoms with Crippen molar-refractivity contribution in [3.63, 3.8) is 0 Å². The molecule has 1 rings (SSSR count). The third-order valence-corrected chi connectivity index (χ3v) is 2.23. The zero-order chi connectivity index (χ0) is 13.6. The molecule has 0 saturated heterocycles. The fourth-order valence-corrected chi connectivity index (χ4v) is 1.55. The molecule has 5 heteroatoms. The molecule has 0 spiro atoms. The molecule has 0 aliphatic carbocycles. The highest BCUT2D eigenvalue weighted by molar-refractivity contribution is 9.10. The quantitative estimate of drug-likeness (QED) is 0.930. The summed E-state index contributed by atoms with van der Waals surface area (Å²) < 4.78 is 6.03. The van der Waals surface area contributed by atoms with Gasteiger partial charge in [0.05, 0.1) is 0 Å². The molecule has 1 aromatic heterocycles. The van der Waals surface area contributed by atoms with Crippen LogP contribution < -0.4 is 5.32 Å². The summed E-state index contributed by atoms with van der Waals surface area (Å²) >= 11 is 3.34. The molecule has 1 N–H and O–H groups in total. The summed E-state index contributed by atoms with van der Waals surface area (Å²) in [5.74, 6) is 0. The van der Waals surface area contributed by atoms with E-state index in [-0.39, 0.29) is 0 Å². The Morgan fingerprint density at radius 3 is 2.83 bits per heavy atom. The van der Waals surface area contributed by atoms with E-state index < -0.39 is 11.7 Å². The first-order valence-electron chi connectivity index (χ1n) is 5.61. The SMILES string of the molecule is CC(C)(C)OC(=O)NCC=Cc1cncc(Br)c1. The number of nitrogens with one attached hydrogen (secondary N) is 1. The molecule has 0 aliphatic heterocycles. The Bertz CT molecular complexity index is 439. The summed E-state index contributed by atoms with van der Waals surface area (Å²) in [4.78, 5) is 15.4. The Morgan fingerprint density at radius 2 is 2.22 bits per heavy atom. The number of ether oxygens (including phenoxy) is 1. The van der Waals surface area contributed by atoms with Gasteiger partial charge in [0.1, 0.15) is 5.60 Å². The van der Waals surface area contributed by atoms with E-state index in [9.17, 15) is 4.79 Å². The lowest BCUT2D eigenvalue weighted by Crippen LogP contribution is -2.32. The van der Waals surface area contributed by atoms with Crippen molar-refractivity contribution in [1.82, 2.24) is 10.3 Å². The Morgan fingerprint density at radius 1 is 1.50 bits per heavy atom. The molecule has 1 heterocycles. The van der Waals surface area contributed by atoms with Gasteiger partial charge in [-0.05, 0) is 48.3 Å². The van der Waals surface area contributed by atoms with Gasteiger partial charge in [0, 0.05) is 23.4 Å². The fraction of sp³-hybridized carbons (Fsp3) is 0.385. The van der Waals surface area contributed by atoms with Crippen LogP contribution in [0.25, 0.3) is 6.08 Å². The van der Waals surface area contributed by atoms with Crippen molar-refractivity contribution in [3.8, 4) is 0 Å². The molecule has 0 aromatic carbocycles. The summed E-state index contributed by atoms with van der Waals surface area (Å²) in [6, 6.07) is 1.94. The maximum Gasteiger partial charge on any atom is 0.407 e. The first-order valence-corrected chi connectivity index (χ1v) is 6.40. The Labute approximate surface area is 116 Å². The van der Waals surface area contributed by atoms with Gasteiger partial charge in [0.25, 0.3) is 0 Å². The van der Waals surface area contributed by atoms with E-state index in [4.69, 9.17) is 4.74 Å². The Hall–Kier alpha value is -1.36. The van der Waals surface area contributed by atoms with Gasteiger partial charge >= 0.3 is 6.09 Å². The van der Waals surface area contributed by atoms with E-state index in [1.54, 1.807) is 12.4 Å². The van der Waals surface area contributed by atoms with Crippen molar-refractivity contribution in [1.29, 1.82) is 0 Å². The average Bonchev–Trinajstić information content (AvgIpc) is 2.22. The van der Waals surface area contributed by atoms with E-state index in [1.165, 1.54) is 0 Å². The van der Waals surface area contributed by atoms with Crippen LogP contribution in [0.5, 0.6) is 0 Å². The predicted octanol–water partition coefficient (Wildman–Crippen LogP) is 3.38. The molecule has 0 bridgehead atoms. The molecule has 18 heavy (non-hydrogen) atoms. The first-order chi connectivity index (χ1) is 8.37. The van der Waals surface area contributed by atoms with Gasteiger partial charge in [0.15, 0.2) is 0 Å².